The Balaban J connectivity index is 2.16. The molecule has 0 N–H and O–H groups in total. The average Bonchev–Trinajstić information content (AvgIpc) is 2.30. The predicted octanol–water partition coefficient (Wildman–Crippen LogP) is 2.40. The Morgan fingerprint density at radius 3 is 3.12 bits per heavy atom. The van der Waals surface area contributed by atoms with Gasteiger partial charge in [-0.25, -0.2) is 4.98 Å². The third kappa shape index (κ3) is 2.53. The molecule has 1 atom stereocenters. The lowest BCUT2D eigenvalue weighted by Gasteiger charge is -2.36. The van der Waals surface area contributed by atoms with Gasteiger partial charge in [-0.1, -0.05) is 19.4 Å². The summed E-state index contributed by atoms with van der Waals surface area (Å²) in [7, 11) is 0. The minimum Gasteiger partial charge on any atom is -0.377 e. The fourth-order valence-corrected chi connectivity index (χ4v) is 2.22. The number of aryl methyl sites for hydroxylation is 1. The van der Waals surface area contributed by atoms with Crippen LogP contribution < -0.4 is 4.90 Å². The van der Waals surface area contributed by atoms with E-state index in [0.717, 1.165) is 31.3 Å². The summed E-state index contributed by atoms with van der Waals surface area (Å²) in [5, 5.41) is 0. The zero-order valence-corrected chi connectivity index (χ0v) is 10.1. The summed E-state index contributed by atoms with van der Waals surface area (Å²) in [6.07, 6.45) is 2.37. The number of aromatic nitrogens is 1. The highest BCUT2D eigenvalue weighted by Gasteiger charge is 2.23. The van der Waals surface area contributed by atoms with Crippen molar-refractivity contribution in [1.29, 1.82) is 0 Å². The van der Waals surface area contributed by atoms with Crippen LogP contribution in [0.25, 0.3) is 0 Å². The van der Waals surface area contributed by atoms with Crippen molar-refractivity contribution in [1.82, 2.24) is 4.98 Å². The van der Waals surface area contributed by atoms with E-state index in [9.17, 15) is 0 Å². The fourth-order valence-electron chi connectivity index (χ4n) is 2.22. The molecule has 0 aliphatic carbocycles. The molecular formula is C13H20N2O. The van der Waals surface area contributed by atoms with E-state index in [1.54, 1.807) is 0 Å². The predicted molar refractivity (Wildman–Crippen MR) is 65.8 cm³/mol. The van der Waals surface area contributed by atoms with Crippen LogP contribution in [0.1, 0.15) is 25.5 Å². The normalized spacial score (nSPS) is 21.1. The number of rotatable bonds is 3. The van der Waals surface area contributed by atoms with Gasteiger partial charge in [-0.05, 0) is 25.5 Å². The van der Waals surface area contributed by atoms with E-state index in [1.807, 2.05) is 13.0 Å². The first-order valence-electron chi connectivity index (χ1n) is 6.09. The van der Waals surface area contributed by atoms with Crippen LogP contribution in [-0.4, -0.2) is 30.8 Å². The van der Waals surface area contributed by atoms with Crippen molar-refractivity contribution in [2.75, 3.05) is 24.7 Å². The molecule has 0 spiro atoms. The molecule has 0 amide bonds. The molecule has 88 valence electrons. The lowest BCUT2D eigenvalue weighted by Crippen LogP contribution is -2.45. The highest BCUT2D eigenvalue weighted by molar-refractivity contribution is 5.41. The summed E-state index contributed by atoms with van der Waals surface area (Å²) in [5.74, 6) is 1.10. The second-order valence-electron chi connectivity index (χ2n) is 4.35. The van der Waals surface area contributed by atoms with E-state index in [4.69, 9.17) is 4.74 Å². The number of morpholine rings is 1. The lowest BCUT2D eigenvalue weighted by molar-refractivity contribution is 0.0909. The second kappa shape index (κ2) is 5.30. The molecule has 1 saturated heterocycles. The molecule has 2 rings (SSSR count). The van der Waals surface area contributed by atoms with Crippen molar-refractivity contribution >= 4 is 5.82 Å². The topological polar surface area (TPSA) is 25.4 Å². The van der Waals surface area contributed by atoms with E-state index >= 15 is 0 Å². The van der Waals surface area contributed by atoms with Crippen molar-refractivity contribution in [3.8, 4) is 0 Å². The molecule has 1 aliphatic rings. The minimum atomic E-state index is 0.494. The van der Waals surface area contributed by atoms with Gasteiger partial charge in [0.15, 0.2) is 0 Å². The maximum Gasteiger partial charge on any atom is 0.129 e. The summed E-state index contributed by atoms with van der Waals surface area (Å²) in [6.45, 7) is 6.87. The smallest absolute Gasteiger partial charge is 0.129 e. The highest BCUT2D eigenvalue weighted by Crippen LogP contribution is 2.20. The fraction of sp³-hybridized carbons (Fsp3) is 0.615. The number of ether oxygens (including phenoxy) is 1. The van der Waals surface area contributed by atoms with Gasteiger partial charge in [0.1, 0.15) is 5.82 Å². The minimum absolute atomic E-state index is 0.494. The number of nitrogens with zero attached hydrogens (tertiary/aromatic N) is 2. The van der Waals surface area contributed by atoms with Crippen molar-refractivity contribution < 1.29 is 4.74 Å². The third-order valence-electron chi connectivity index (χ3n) is 3.02. The lowest BCUT2D eigenvalue weighted by atomic mass is 10.1. The Labute approximate surface area is 97.4 Å². The summed E-state index contributed by atoms with van der Waals surface area (Å²) < 4.78 is 5.55. The zero-order valence-electron chi connectivity index (χ0n) is 10.1. The maximum atomic E-state index is 5.55. The second-order valence-corrected chi connectivity index (χ2v) is 4.35. The molecule has 3 nitrogen and oxygen atoms in total. The standard InChI is InChI=1S/C13H20N2O/c1-3-5-12-10-16-9-8-15(12)13-7-4-6-11(2)14-13/h4,6-7,12H,3,5,8-10H2,1-2H3. The summed E-state index contributed by atoms with van der Waals surface area (Å²) in [5.41, 5.74) is 1.08. The van der Waals surface area contributed by atoms with Crippen LogP contribution in [-0.2, 0) is 4.74 Å². The van der Waals surface area contributed by atoms with Gasteiger partial charge in [0, 0.05) is 12.2 Å². The molecule has 1 aliphatic heterocycles. The van der Waals surface area contributed by atoms with Gasteiger partial charge in [0.05, 0.1) is 19.3 Å². The van der Waals surface area contributed by atoms with Crippen molar-refractivity contribution in [3.05, 3.63) is 23.9 Å². The molecule has 1 aromatic heterocycles. The van der Waals surface area contributed by atoms with Crippen molar-refractivity contribution in [2.24, 2.45) is 0 Å². The number of hydrogen-bond acceptors (Lipinski definition) is 3. The highest BCUT2D eigenvalue weighted by atomic mass is 16.5. The molecule has 1 aromatic rings. The molecule has 3 heteroatoms. The average molecular weight is 220 g/mol. The monoisotopic (exact) mass is 220 g/mol. The van der Waals surface area contributed by atoms with Gasteiger partial charge in [0.25, 0.3) is 0 Å². The molecule has 1 unspecified atom stereocenters. The Morgan fingerprint density at radius 1 is 1.50 bits per heavy atom. The number of anilines is 1. The first kappa shape index (κ1) is 11.4. The van der Waals surface area contributed by atoms with Crippen LogP contribution in [0.4, 0.5) is 5.82 Å². The van der Waals surface area contributed by atoms with Gasteiger partial charge in [0.2, 0.25) is 0 Å². The summed E-state index contributed by atoms with van der Waals surface area (Å²) >= 11 is 0. The maximum absolute atomic E-state index is 5.55. The molecule has 2 heterocycles. The van der Waals surface area contributed by atoms with Gasteiger partial charge in [-0.3, -0.25) is 0 Å². The van der Waals surface area contributed by atoms with Crippen LogP contribution in [0, 0.1) is 6.92 Å². The third-order valence-corrected chi connectivity index (χ3v) is 3.02. The van der Waals surface area contributed by atoms with E-state index in [0.29, 0.717) is 6.04 Å². The van der Waals surface area contributed by atoms with Crippen LogP contribution in [0.15, 0.2) is 18.2 Å². The molecular weight excluding hydrogens is 200 g/mol. The Kier molecular flexibility index (Phi) is 3.78. The Hall–Kier alpha value is -1.09. The first-order valence-corrected chi connectivity index (χ1v) is 6.09. The van der Waals surface area contributed by atoms with Gasteiger partial charge >= 0.3 is 0 Å². The van der Waals surface area contributed by atoms with E-state index in [1.165, 1.54) is 12.8 Å². The van der Waals surface area contributed by atoms with Crippen molar-refractivity contribution in [2.45, 2.75) is 32.7 Å². The quantitative estimate of drug-likeness (QED) is 0.782. The molecule has 0 bridgehead atoms. The van der Waals surface area contributed by atoms with Crippen LogP contribution in [0.3, 0.4) is 0 Å². The van der Waals surface area contributed by atoms with E-state index < -0.39 is 0 Å². The Morgan fingerprint density at radius 2 is 2.38 bits per heavy atom. The summed E-state index contributed by atoms with van der Waals surface area (Å²) in [4.78, 5) is 6.99. The van der Waals surface area contributed by atoms with Crippen LogP contribution in [0.2, 0.25) is 0 Å². The van der Waals surface area contributed by atoms with Crippen molar-refractivity contribution in [3.63, 3.8) is 0 Å². The van der Waals surface area contributed by atoms with Crippen LogP contribution in [0.5, 0.6) is 0 Å². The molecule has 0 aromatic carbocycles. The van der Waals surface area contributed by atoms with E-state index in [-0.39, 0.29) is 0 Å². The molecule has 16 heavy (non-hydrogen) atoms. The Bertz CT molecular complexity index is 338. The zero-order chi connectivity index (χ0) is 11.4. The SMILES string of the molecule is CCCC1COCCN1c1cccc(C)n1. The van der Waals surface area contributed by atoms with E-state index in [2.05, 4.69) is 28.9 Å². The molecule has 1 fully saturated rings. The van der Waals surface area contributed by atoms with Gasteiger partial charge < -0.3 is 9.64 Å². The number of pyridine rings is 1. The van der Waals surface area contributed by atoms with Gasteiger partial charge in [-0.15, -0.1) is 0 Å². The number of hydrogen-bond donors (Lipinski definition) is 0. The first-order chi connectivity index (χ1) is 7.81. The van der Waals surface area contributed by atoms with Crippen LogP contribution >= 0.6 is 0 Å². The van der Waals surface area contributed by atoms with Gasteiger partial charge in [-0.2, -0.15) is 0 Å². The molecule has 0 radical (unpaired) electrons. The largest absolute Gasteiger partial charge is 0.377 e. The molecule has 0 saturated carbocycles. The summed E-state index contributed by atoms with van der Waals surface area (Å²) in [6, 6.07) is 6.71.